The van der Waals surface area contributed by atoms with Crippen LogP contribution in [-0.4, -0.2) is 26.5 Å². The maximum absolute atomic E-state index is 11.2. The van der Waals surface area contributed by atoms with Crippen molar-refractivity contribution >= 4 is 32.4 Å². The van der Waals surface area contributed by atoms with Gasteiger partial charge in [-0.25, -0.2) is 8.42 Å². The second kappa shape index (κ2) is 6.56. The molecule has 1 N–H and O–H groups in total. The summed E-state index contributed by atoms with van der Waals surface area (Å²) in [6.07, 6.45) is 0. The molecule has 1 aromatic carbocycles. The minimum atomic E-state index is -2.84. The Labute approximate surface area is 111 Å². The van der Waals surface area contributed by atoms with Crippen LogP contribution in [0.4, 0.5) is 0 Å². The zero-order valence-corrected chi connectivity index (χ0v) is 12.2. The van der Waals surface area contributed by atoms with Crippen LogP contribution in [0, 0.1) is 3.57 Å². The number of hydrogen-bond donors (Lipinski definition) is 1. The molecule has 1 aromatic rings. The van der Waals surface area contributed by atoms with E-state index >= 15 is 0 Å². The van der Waals surface area contributed by atoms with E-state index in [1.807, 2.05) is 24.3 Å². The Hall–Kier alpha value is -0.140. The summed E-state index contributed by atoms with van der Waals surface area (Å²) >= 11 is 2.26. The second-order valence-corrected chi connectivity index (χ2v) is 7.26. The molecule has 90 valence electrons. The molecule has 0 aromatic heterocycles. The Morgan fingerprint density at radius 1 is 1.25 bits per heavy atom. The lowest BCUT2D eigenvalue weighted by molar-refractivity contribution is 0.592. The highest BCUT2D eigenvalue weighted by molar-refractivity contribution is 14.1. The normalized spacial score (nSPS) is 11.6. The summed E-state index contributed by atoms with van der Waals surface area (Å²) in [5.41, 5.74) is 1.18. The number of halogens is 1. The number of hydrogen-bond acceptors (Lipinski definition) is 3. The first-order chi connectivity index (χ1) is 7.53. The summed E-state index contributed by atoms with van der Waals surface area (Å²) in [7, 11) is -2.84. The molecule has 0 amide bonds. The van der Waals surface area contributed by atoms with E-state index in [9.17, 15) is 8.42 Å². The lowest BCUT2D eigenvalue weighted by Gasteiger charge is -2.05. The third kappa shape index (κ3) is 5.27. The lowest BCUT2D eigenvalue weighted by Crippen LogP contribution is -2.23. The molecule has 0 radical (unpaired) electrons. The standard InChI is InChI=1S/C11H16INO2S/c1-2-16(14,15)8-7-13-9-10-3-5-11(12)6-4-10/h3-6,13H,2,7-9H2,1H3. The first-order valence-electron chi connectivity index (χ1n) is 5.19. The maximum Gasteiger partial charge on any atom is 0.151 e. The van der Waals surface area contributed by atoms with Gasteiger partial charge in [-0.2, -0.15) is 0 Å². The maximum atomic E-state index is 11.2. The van der Waals surface area contributed by atoms with Crippen molar-refractivity contribution in [2.45, 2.75) is 13.5 Å². The molecule has 0 fully saturated rings. The number of benzene rings is 1. The molecule has 0 saturated heterocycles. The Kier molecular flexibility index (Phi) is 5.71. The molecule has 0 aliphatic rings. The quantitative estimate of drug-likeness (QED) is 0.627. The van der Waals surface area contributed by atoms with Gasteiger partial charge >= 0.3 is 0 Å². The predicted octanol–water partition coefficient (Wildman–Crippen LogP) is 1.82. The average molecular weight is 353 g/mol. The molecular weight excluding hydrogens is 337 g/mol. The van der Waals surface area contributed by atoms with Crippen molar-refractivity contribution in [1.29, 1.82) is 0 Å². The molecule has 0 aliphatic heterocycles. The molecular formula is C11H16INO2S. The Morgan fingerprint density at radius 3 is 2.44 bits per heavy atom. The highest BCUT2D eigenvalue weighted by atomic mass is 127. The Bertz CT molecular complexity index is 414. The van der Waals surface area contributed by atoms with E-state index in [0.29, 0.717) is 6.54 Å². The monoisotopic (exact) mass is 353 g/mol. The van der Waals surface area contributed by atoms with Crippen molar-refractivity contribution in [3.63, 3.8) is 0 Å². The SMILES string of the molecule is CCS(=O)(=O)CCNCc1ccc(I)cc1. The van der Waals surface area contributed by atoms with Gasteiger partial charge in [0.25, 0.3) is 0 Å². The smallest absolute Gasteiger partial charge is 0.151 e. The van der Waals surface area contributed by atoms with Crippen LogP contribution < -0.4 is 5.32 Å². The largest absolute Gasteiger partial charge is 0.312 e. The van der Waals surface area contributed by atoms with E-state index in [-0.39, 0.29) is 11.5 Å². The van der Waals surface area contributed by atoms with Crippen molar-refractivity contribution < 1.29 is 8.42 Å². The minimum Gasteiger partial charge on any atom is -0.312 e. The minimum absolute atomic E-state index is 0.216. The van der Waals surface area contributed by atoms with E-state index in [4.69, 9.17) is 0 Å². The van der Waals surface area contributed by atoms with Crippen LogP contribution in [-0.2, 0) is 16.4 Å². The van der Waals surface area contributed by atoms with Gasteiger partial charge in [0.05, 0.1) is 5.75 Å². The fourth-order valence-corrected chi connectivity index (χ4v) is 2.31. The van der Waals surface area contributed by atoms with Crippen molar-refractivity contribution in [3.05, 3.63) is 33.4 Å². The fourth-order valence-electron chi connectivity index (χ4n) is 1.21. The van der Waals surface area contributed by atoms with Gasteiger partial charge in [-0.05, 0) is 40.3 Å². The first kappa shape index (κ1) is 13.9. The van der Waals surface area contributed by atoms with E-state index in [1.54, 1.807) is 6.92 Å². The number of nitrogens with one attached hydrogen (secondary N) is 1. The van der Waals surface area contributed by atoms with Gasteiger partial charge in [0.2, 0.25) is 0 Å². The molecule has 16 heavy (non-hydrogen) atoms. The molecule has 3 nitrogen and oxygen atoms in total. The summed E-state index contributed by atoms with van der Waals surface area (Å²) in [5, 5.41) is 3.13. The summed E-state index contributed by atoms with van der Waals surface area (Å²) in [6, 6.07) is 8.17. The highest BCUT2D eigenvalue weighted by Crippen LogP contribution is 2.06. The predicted molar refractivity (Wildman–Crippen MR) is 75.2 cm³/mol. The third-order valence-corrected chi connectivity index (χ3v) is 4.70. The second-order valence-electron chi connectivity index (χ2n) is 3.54. The number of sulfone groups is 1. The topological polar surface area (TPSA) is 46.2 Å². The summed E-state index contributed by atoms with van der Waals surface area (Å²) in [5.74, 6) is 0.437. The lowest BCUT2D eigenvalue weighted by atomic mass is 10.2. The van der Waals surface area contributed by atoms with Gasteiger partial charge in [-0.15, -0.1) is 0 Å². The molecule has 0 heterocycles. The van der Waals surface area contributed by atoms with Crippen molar-refractivity contribution in [2.75, 3.05) is 18.1 Å². The zero-order valence-electron chi connectivity index (χ0n) is 9.24. The summed E-state index contributed by atoms with van der Waals surface area (Å²) < 4.78 is 23.6. The molecule has 0 aliphatic carbocycles. The van der Waals surface area contributed by atoms with Gasteiger partial charge in [-0.1, -0.05) is 19.1 Å². The molecule has 0 unspecified atom stereocenters. The Morgan fingerprint density at radius 2 is 1.88 bits per heavy atom. The summed E-state index contributed by atoms with van der Waals surface area (Å²) in [6.45, 7) is 2.91. The zero-order chi connectivity index (χ0) is 12.0. The van der Waals surface area contributed by atoms with Crippen molar-refractivity contribution in [1.82, 2.24) is 5.32 Å². The van der Waals surface area contributed by atoms with Gasteiger partial charge in [-0.3, -0.25) is 0 Å². The van der Waals surface area contributed by atoms with Crippen LogP contribution in [0.3, 0.4) is 0 Å². The molecule has 5 heteroatoms. The summed E-state index contributed by atoms with van der Waals surface area (Å²) in [4.78, 5) is 0. The van der Waals surface area contributed by atoms with Crippen LogP contribution in [0.2, 0.25) is 0 Å². The fraction of sp³-hybridized carbons (Fsp3) is 0.455. The molecule has 0 atom stereocenters. The molecule has 0 spiro atoms. The molecule has 1 rings (SSSR count). The van der Waals surface area contributed by atoms with Gasteiger partial charge < -0.3 is 5.32 Å². The first-order valence-corrected chi connectivity index (χ1v) is 8.09. The van der Waals surface area contributed by atoms with Crippen LogP contribution >= 0.6 is 22.6 Å². The van der Waals surface area contributed by atoms with Crippen LogP contribution in [0.5, 0.6) is 0 Å². The number of rotatable bonds is 6. The third-order valence-electron chi connectivity index (χ3n) is 2.27. The van der Waals surface area contributed by atoms with Gasteiger partial charge in [0.15, 0.2) is 9.84 Å². The average Bonchev–Trinajstić information content (AvgIpc) is 2.27. The van der Waals surface area contributed by atoms with Gasteiger partial charge in [0, 0.05) is 22.4 Å². The van der Waals surface area contributed by atoms with E-state index < -0.39 is 9.84 Å². The van der Waals surface area contributed by atoms with Crippen molar-refractivity contribution in [2.24, 2.45) is 0 Å². The highest BCUT2D eigenvalue weighted by Gasteiger charge is 2.05. The van der Waals surface area contributed by atoms with E-state index in [1.165, 1.54) is 9.13 Å². The van der Waals surface area contributed by atoms with E-state index in [2.05, 4.69) is 27.9 Å². The van der Waals surface area contributed by atoms with Crippen LogP contribution in [0.15, 0.2) is 24.3 Å². The van der Waals surface area contributed by atoms with Crippen molar-refractivity contribution in [3.8, 4) is 0 Å². The van der Waals surface area contributed by atoms with E-state index in [0.717, 1.165) is 6.54 Å². The molecule has 0 bridgehead atoms. The van der Waals surface area contributed by atoms with Gasteiger partial charge in [0.1, 0.15) is 0 Å². The molecule has 0 saturated carbocycles. The van der Waals surface area contributed by atoms with Crippen LogP contribution in [0.25, 0.3) is 0 Å². The Balaban J connectivity index is 2.29. The van der Waals surface area contributed by atoms with Crippen LogP contribution in [0.1, 0.15) is 12.5 Å².